The van der Waals surface area contributed by atoms with Gasteiger partial charge in [0.2, 0.25) is 0 Å². The summed E-state index contributed by atoms with van der Waals surface area (Å²) in [5.41, 5.74) is 1.81. The second-order valence-corrected chi connectivity index (χ2v) is 9.47. The Kier molecular flexibility index (Phi) is 5.40. The smallest absolute Gasteiger partial charge is 0.269 e. The molecule has 0 N–H and O–H groups in total. The van der Waals surface area contributed by atoms with Gasteiger partial charge in [0.15, 0.2) is 0 Å². The van der Waals surface area contributed by atoms with Crippen LogP contribution in [0.1, 0.15) is 44.7 Å². The second kappa shape index (κ2) is 7.93. The predicted molar refractivity (Wildman–Crippen MR) is 124 cm³/mol. The highest BCUT2D eigenvalue weighted by Crippen LogP contribution is 2.67. The van der Waals surface area contributed by atoms with Gasteiger partial charge in [-0.15, -0.1) is 0 Å². The van der Waals surface area contributed by atoms with Crippen LogP contribution >= 0.6 is 0 Å². The van der Waals surface area contributed by atoms with Gasteiger partial charge < -0.3 is 0 Å². The van der Waals surface area contributed by atoms with Crippen LogP contribution in [0.5, 0.6) is 0 Å². The molecule has 0 saturated heterocycles. The number of aliphatic imine (C=N–C) groups is 2. The largest absolute Gasteiger partial charge is 0.287 e. The quantitative estimate of drug-likeness (QED) is 0.352. The molecule has 0 radical (unpaired) electrons. The minimum atomic E-state index is -0.414. The molecule has 2 aromatic rings. The molecule has 2 saturated carbocycles. The number of nitrogens with zero attached hydrogens (tertiary/aromatic N) is 4. The SMILES string of the molecule is CC1(C)[C@H]2CC[C@]1(C)[C@H](N=Cc1ccc([N+](=O)[O-])cc1)[C@@H]2N=Cc1ccc([N+](=O)[O-])cc1. The molecule has 0 unspecified atom stereocenters. The van der Waals surface area contributed by atoms with Gasteiger partial charge in [0.1, 0.15) is 0 Å². The van der Waals surface area contributed by atoms with Crippen LogP contribution in [-0.4, -0.2) is 34.4 Å². The van der Waals surface area contributed by atoms with E-state index in [-0.39, 0.29) is 34.3 Å². The van der Waals surface area contributed by atoms with Gasteiger partial charge in [-0.25, -0.2) is 0 Å². The molecular weight excluding hydrogens is 408 g/mol. The van der Waals surface area contributed by atoms with Crippen LogP contribution < -0.4 is 0 Å². The summed E-state index contributed by atoms with van der Waals surface area (Å²) in [4.78, 5) is 30.8. The molecule has 32 heavy (non-hydrogen) atoms. The van der Waals surface area contributed by atoms with Gasteiger partial charge in [0, 0.05) is 36.7 Å². The lowest BCUT2D eigenvalue weighted by atomic mass is 9.69. The summed E-state index contributed by atoms with van der Waals surface area (Å²) in [6.45, 7) is 6.87. The Labute approximate surface area is 186 Å². The van der Waals surface area contributed by atoms with Crippen molar-refractivity contribution in [2.75, 3.05) is 0 Å². The number of hydrogen-bond acceptors (Lipinski definition) is 6. The molecule has 0 spiro atoms. The van der Waals surface area contributed by atoms with Crippen molar-refractivity contribution >= 4 is 23.8 Å². The Morgan fingerprint density at radius 2 is 1.31 bits per heavy atom. The average molecular weight is 434 g/mol. The lowest BCUT2D eigenvalue weighted by Gasteiger charge is -2.37. The second-order valence-electron chi connectivity index (χ2n) is 9.47. The van der Waals surface area contributed by atoms with Crippen molar-refractivity contribution < 1.29 is 9.85 Å². The summed E-state index contributed by atoms with van der Waals surface area (Å²) >= 11 is 0. The summed E-state index contributed by atoms with van der Waals surface area (Å²) in [5, 5.41) is 21.8. The van der Waals surface area contributed by atoms with Crippen molar-refractivity contribution in [1.82, 2.24) is 0 Å². The third-order valence-electron chi connectivity index (χ3n) is 7.75. The van der Waals surface area contributed by atoms with Crippen LogP contribution in [0.3, 0.4) is 0 Å². The molecule has 2 fully saturated rings. The lowest BCUT2D eigenvalue weighted by molar-refractivity contribution is -0.385. The van der Waals surface area contributed by atoms with E-state index in [9.17, 15) is 20.2 Å². The topological polar surface area (TPSA) is 111 Å². The van der Waals surface area contributed by atoms with Gasteiger partial charge in [0.05, 0.1) is 21.9 Å². The zero-order chi connectivity index (χ0) is 23.1. The van der Waals surface area contributed by atoms with Crippen LogP contribution in [0.2, 0.25) is 0 Å². The summed E-state index contributed by atoms with van der Waals surface area (Å²) in [7, 11) is 0. The molecular formula is C24H26N4O4. The van der Waals surface area contributed by atoms with Gasteiger partial charge in [0.25, 0.3) is 11.4 Å². The first-order chi connectivity index (χ1) is 15.1. The summed E-state index contributed by atoms with van der Waals surface area (Å²) in [6, 6.07) is 12.8. The number of benzene rings is 2. The van der Waals surface area contributed by atoms with Crippen molar-refractivity contribution in [2.45, 2.75) is 45.7 Å². The number of hydrogen-bond donors (Lipinski definition) is 0. The van der Waals surface area contributed by atoms with Crippen molar-refractivity contribution in [3.05, 3.63) is 79.9 Å². The van der Waals surface area contributed by atoms with Crippen LogP contribution in [0.15, 0.2) is 58.5 Å². The maximum atomic E-state index is 10.9. The molecule has 2 aliphatic carbocycles. The van der Waals surface area contributed by atoms with Gasteiger partial charge in [-0.3, -0.25) is 30.2 Å². The maximum Gasteiger partial charge on any atom is 0.269 e. The van der Waals surface area contributed by atoms with E-state index in [4.69, 9.17) is 9.98 Å². The summed E-state index contributed by atoms with van der Waals surface area (Å²) in [5.74, 6) is 0.390. The molecule has 0 amide bonds. The van der Waals surface area contributed by atoms with Crippen LogP contribution in [0.25, 0.3) is 0 Å². The van der Waals surface area contributed by atoms with E-state index in [1.165, 1.54) is 24.3 Å². The summed E-state index contributed by atoms with van der Waals surface area (Å²) < 4.78 is 0. The van der Waals surface area contributed by atoms with Crippen molar-refractivity contribution in [2.24, 2.45) is 26.7 Å². The van der Waals surface area contributed by atoms with Crippen LogP contribution in [0.4, 0.5) is 11.4 Å². The van der Waals surface area contributed by atoms with Crippen molar-refractivity contribution in [3.8, 4) is 0 Å². The molecule has 0 heterocycles. The Morgan fingerprint density at radius 1 is 0.844 bits per heavy atom. The lowest BCUT2D eigenvalue weighted by Crippen LogP contribution is -2.38. The fourth-order valence-electron chi connectivity index (χ4n) is 5.43. The highest BCUT2D eigenvalue weighted by atomic mass is 16.6. The average Bonchev–Trinajstić information content (AvgIpc) is 3.09. The fourth-order valence-corrected chi connectivity index (χ4v) is 5.43. The standard InChI is InChI=1S/C24H26N4O4/c1-23(2)20-12-13-24(23,3)22(26-15-17-6-10-19(11-7-17)28(31)32)21(20)25-14-16-4-8-18(9-5-16)27(29)30/h4-11,14-15,20-22H,12-13H2,1-3H3/t20-,21+,22+,24+/m0/s1. The molecule has 4 atom stereocenters. The van der Waals surface area contributed by atoms with Crippen LogP contribution in [0, 0.1) is 37.0 Å². The zero-order valence-corrected chi connectivity index (χ0v) is 18.3. The van der Waals surface area contributed by atoms with E-state index in [1.54, 1.807) is 36.7 Å². The maximum absolute atomic E-state index is 10.9. The molecule has 8 heteroatoms. The van der Waals surface area contributed by atoms with Crippen LogP contribution in [-0.2, 0) is 0 Å². The number of non-ortho nitro benzene ring substituents is 2. The highest BCUT2D eigenvalue weighted by Gasteiger charge is 2.66. The monoisotopic (exact) mass is 434 g/mol. The van der Waals surface area contributed by atoms with E-state index in [0.717, 1.165) is 24.0 Å². The minimum absolute atomic E-state index is 0.00752. The summed E-state index contributed by atoms with van der Waals surface area (Å²) in [6.07, 6.45) is 5.76. The molecule has 2 aromatic carbocycles. The third kappa shape index (κ3) is 3.59. The van der Waals surface area contributed by atoms with Gasteiger partial charge in [-0.1, -0.05) is 20.8 Å². The van der Waals surface area contributed by atoms with Gasteiger partial charge in [-0.2, -0.15) is 0 Å². The van der Waals surface area contributed by atoms with E-state index in [1.807, 2.05) is 0 Å². The molecule has 2 bridgehead atoms. The normalized spacial score (nSPS) is 28.5. The Morgan fingerprint density at radius 3 is 1.78 bits per heavy atom. The first kappa shape index (κ1) is 21.8. The molecule has 4 rings (SSSR count). The number of fused-ring (bicyclic) bond motifs is 2. The highest BCUT2D eigenvalue weighted by molar-refractivity contribution is 5.81. The molecule has 166 valence electrons. The Bertz CT molecular complexity index is 1090. The van der Waals surface area contributed by atoms with Gasteiger partial charge >= 0.3 is 0 Å². The number of rotatable bonds is 6. The molecule has 0 aromatic heterocycles. The van der Waals surface area contributed by atoms with E-state index in [0.29, 0.717) is 5.92 Å². The first-order valence-corrected chi connectivity index (χ1v) is 10.7. The van der Waals surface area contributed by atoms with E-state index in [2.05, 4.69) is 20.8 Å². The van der Waals surface area contributed by atoms with Gasteiger partial charge in [-0.05, 0) is 65.0 Å². The van der Waals surface area contributed by atoms with Crippen molar-refractivity contribution in [1.29, 1.82) is 0 Å². The number of nitro benzene ring substituents is 2. The Balaban J connectivity index is 1.61. The van der Waals surface area contributed by atoms with Crippen molar-refractivity contribution in [3.63, 3.8) is 0 Å². The molecule has 8 nitrogen and oxygen atoms in total. The Hall–Kier alpha value is -3.42. The number of nitro groups is 2. The third-order valence-corrected chi connectivity index (χ3v) is 7.75. The minimum Gasteiger partial charge on any atom is -0.287 e. The van der Waals surface area contributed by atoms with E-state index >= 15 is 0 Å². The van der Waals surface area contributed by atoms with E-state index < -0.39 is 9.85 Å². The first-order valence-electron chi connectivity index (χ1n) is 10.7. The predicted octanol–water partition coefficient (Wildman–Crippen LogP) is 5.23. The molecule has 0 aliphatic heterocycles. The molecule has 2 aliphatic rings. The fraction of sp³-hybridized carbons (Fsp3) is 0.417. The zero-order valence-electron chi connectivity index (χ0n) is 18.3.